The predicted molar refractivity (Wildman–Crippen MR) is 132 cm³/mol. The minimum Gasteiger partial charge on any atom is -0.493 e. The second-order valence-corrected chi connectivity index (χ2v) is 8.76. The molecule has 0 atom stereocenters. The monoisotopic (exact) mass is 500 g/mol. The molecule has 0 saturated carbocycles. The molecule has 0 radical (unpaired) electrons. The molecule has 0 saturated heterocycles. The van der Waals surface area contributed by atoms with Gasteiger partial charge in [0.25, 0.3) is 10.0 Å². The van der Waals surface area contributed by atoms with Crippen LogP contribution in [-0.4, -0.2) is 41.8 Å². The number of rotatable bonds is 10. The second-order valence-electron chi connectivity index (χ2n) is 7.08. The topological polar surface area (TPSA) is 126 Å². The van der Waals surface area contributed by atoms with E-state index < -0.39 is 20.6 Å². The van der Waals surface area contributed by atoms with Crippen molar-refractivity contribution in [1.29, 1.82) is 0 Å². The van der Waals surface area contributed by atoms with E-state index >= 15 is 0 Å². The van der Waals surface area contributed by atoms with Crippen molar-refractivity contribution in [2.45, 2.75) is 4.90 Å². The summed E-state index contributed by atoms with van der Waals surface area (Å²) >= 11 is 0. The maximum atomic E-state index is 13.0. The van der Waals surface area contributed by atoms with Gasteiger partial charge in [0, 0.05) is 6.07 Å². The summed E-state index contributed by atoms with van der Waals surface area (Å²) in [6.07, 6.45) is 3.48. The largest absolute Gasteiger partial charge is 0.493 e. The van der Waals surface area contributed by atoms with Crippen molar-refractivity contribution in [2.24, 2.45) is 0 Å². The van der Waals surface area contributed by atoms with Crippen LogP contribution in [0.5, 0.6) is 23.0 Å². The standard InChI is InChI=1S/C24H24N2O8S/c1-31-21-12-11-18(15-20(21)26(27)28)35(29,30)25-19-8-6-5-7-17(19)10-9-16-13-22(32-2)24(34-4)23(14-16)33-3/h5-15,25H,1-4H3. The fourth-order valence-corrected chi connectivity index (χ4v) is 4.41. The Labute approximate surface area is 202 Å². The van der Waals surface area contributed by atoms with Crippen LogP contribution in [0, 0.1) is 10.1 Å². The predicted octanol–water partition coefficient (Wildman–Crippen LogP) is 4.60. The first-order chi connectivity index (χ1) is 16.7. The molecule has 0 aliphatic rings. The molecule has 0 spiro atoms. The summed E-state index contributed by atoms with van der Waals surface area (Å²) in [5.74, 6) is 1.36. The molecule has 184 valence electrons. The molecule has 0 aliphatic heterocycles. The molecule has 1 N–H and O–H groups in total. The van der Waals surface area contributed by atoms with E-state index in [0.717, 1.165) is 11.6 Å². The van der Waals surface area contributed by atoms with Crippen molar-refractivity contribution in [1.82, 2.24) is 0 Å². The number of nitrogens with zero attached hydrogens (tertiary/aromatic N) is 1. The molecule has 0 fully saturated rings. The minimum atomic E-state index is -4.13. The van der Waals surface area contributed by atoms with Crippen LogP contribution in [-0.2, 0) is 10.0 Å². The Morgan fingerprint density at radius 3 is 2.03 bits per heavy atom. The van der Waals surface area contributed by atoms with Crippen LogP contribution < -0.4 is 23.7 Å². The fourth-order valence-electron chi connectivity index (χ4n) is 3.30. The Morgan fingerprint density at radius 1 is 0.829 bits per heavy atom. The molecule has 10 nitrogen and oxygen atoms in total. The lowest BCUT2D eigenvalue weighted by atomic mass is 10.1. The van der Waals surface area contributed by atoms with Gasteiger partial charge in [0.1, 0.15) is 0 Å². The summed E-state index contributed by atoms with van der Waals surface area (Å²) < 4.78 is 49.5. The summed E-state index contributed by atoms with van der Waals surface area (Å²) in [6.45, 7) is 0. The van der Waals surface area contributed by atoms with Crippen molar-refractivity contribution in [3.05, 3.63) is 75.8 Å². The fraction of sp³-hybridized carbons (Fsp3) is 0.167. The molecule has 0 heterocycles. The van der Waals surface area contributed by atoms with Gasteiger partial charge in [-0.15, -0.1) is 0 Å². The van der Waals surface area contributed by atoms with Crippen molar-refractivity contribution in [2.75, 3.05) is 33.2 Å². The van der Waals surface area contributed by atoms with Gasteiger partial charge in [0.2, 0.25) is 5.75 Å². The van der Waals surface area contributed by atoms with Crippen LogP contribution in [0.25, 0.3) is 12.2 Å². The highest BCUT2D eigenvalue weighted by Crippen LogP contribution is 2.39. The molecule has 11 heteroatoms. The summed E-state index contributed by atoms with van der Waals surface area (Å²) in [4.78, 5) is 10.3. The van der Waals surface area contributed by atoms with Gasteiger partial charge in [0.05, 0.1) is 43.9 Å². The van der Waals surface area contributed by atoms with Crippen LogP contribution >= 0.6 is 0 Å². The van der Waals surface area contributed by atoms with Crippen LogP contribution in [0.3, 0.4) is 0 Å². The molecule has 3 rings (SSSR count). The van der Waals surface area contributed by atoms with E-state index in [4.69, 9.17) is 18.9 Å². The maximum Gasteiger partial charge on any atom is 0.312 e. The number of hydrogen-bond acceptors (Lipinski definition) is 8. The molecule has 0 aliphatic carbocycles. The van der Waals surface area contributed by atoms with Crippen molar-refractivity contribution in [3.63, 3.8) is 0 Å². The summed E-state index contributed by atoms with van der Waals surface area (Å²) in [5.41, 5.74) is 1.12. The van der Waals surface area contributed by atoms with Crippen molar-refractivity contribution < 1.29 is 32.3 Å². The van der Waals surface area contributed by atoms with Crippen LogP contribution in [0.2, 0.25) is 0 Å². The van der Waals surface area contributed by atoms with Gasteiger partial charge in [-0.1, -0.05) is 30.4 Å². The Kier molecular flexibility index (Phi) is 7.82. The number of para-hydroxylation sites is 1. The number of ether oxygens (including phenoxy) is 4. The normalized spacial score (nSPS) is 11.2. The number of benzene rings is 3. The van der Waals surface area contributed by atoms with Crippen LogP contribution in [0.4, 0.5) is 11.4 Å². The lowest BCUT2D eigenvalue weighted by molar-refractivity contribution is -0.386. The zero-order valence-corrected chi connectivity index (χ0v) is 20.3. The summed E-state index contributed by atoms with van der Waals surface area (Å²) in [5, 5.41) is 11.3. The quantitative estimate of drug-likeness (QED) is 0.243. The van der Waals surface area contributed by atoms with Gasteiger partial charge >= 0.3 is 5.69 Å². The number of nitro benzene ring substituents is 1. The van der Waals surface area contributed by atoms with E-state index in [9.17, 15) is 18.5 Å². The third kappa shape index (κ3) is 5.64. The van der Waals surface area contributed by atoms with Crippen molar-refractivity contribution >= 4 is 33.6 Å². The van der Waals surface area contributed by atoms with E-state index in [0.29, 0.717) is 22.8 Å². The van der Waals surface area contributed by atoms with Gasteiger partial charge in [0.15, 0.2) is 17.2 Å². The number of nitrogens with one attached hydrogen (secondary N) is 1. The SMILES string of the molecule is COc1ccc(S(=O)(=O)Nc2ccccc2C=Cc2cc(OC)c(OC)c(OC)c2)cc1[N+](=O)[O-]. The Balaban J connectivity index is 1.95. The highest BCUT2D eigenvalue weighted by molar-refractivity contribution is 7.92. The van der Waals surface area contributed by atoms with E-state index in [1.807, 2.05) is 0 Å². The second kappa shape index (κ2) is 10.8. The average molecular weight is 501 g/mol. The first-order valence-electron chi connectivity index (χ1n) is 10.2. The highest BCUT2D eigenvalue weighted by Gasteiger charge is 2.22. The smallest absolute Gasteiger partial charge is 0.312 e. The third-order valence-electron chi connectivity index (χ3n) is 5.00. The lowest BCUT2D eigenvalue weighted by Crippen LogP contribution is -2.14. The molecular weight excluding hydrogens is 476 g/mol. The minimum absolute atomic E-state index is 0.0392. The number of sulfonamides is 1. The molecule has 35 heavy (non-hydrogen) atoms. The van der Waals surface area contributed by atoms with Gasteiger partial charge in [-0.05, 0) is 41.5 Å². The van der Waals surface area contributed by atoms with Crippen LogP contribution in [0.1, 0.15) is 11.1 Å². The van der Waals surface area contributed by atoms with Gasteiger partial charge in [-0.2, -0.15) is 0 Å². The molecule has 3 aromatic rings. The molecule has 3 aromatic carbocycles. The van der Waals surface area contributed by atoms with Crippen molar-refractivity contribution in [3.8, 4) is 23.0 Å². The number of methoxy groups -OCH3 is 4. The highest BCUT2D eigenvalue weighted by atomic mass is 32.2. The third-order valence-corrected chi connectivity index (χ3v) is 6.37. The van der Waals surface area contributed by atoms with E-state index in [-0.39, 0.29) is 16.3 Å². The Bertz CT molecular complexity index is 1340. The molecule has 0 amide bonds. The number of hydrogen-bond donors (Lipinski definition) is 1. The van der Waals surface area contributed by atoms with E-state index in [1.165, 1.54) is 40.6 Å². The van der Waals surface area contributed by atoms with Gasteiger partial charge in [-0.25, -0.2) is 8.42 Å². The first kappa shape index (κ1) is 25.4. The summed E-state index contributed by atoms with van der Waals surface area (Å²) in [6, 6.07) is 13.7. The zero-order chi connectivity index (χ0) is 25.6. The molecule has 0 unspecified atom stereocenters. The zero-order valence-electron chi connectivity index (χ0n) is 19.5. The molecule has 0 bridgehead atoms. The molecule has 0 aromatic heterocycles. The average Bonchev–Trinajstić information content (AvgIpc) is 2.86. The Morgan fingerprint density at radius 2 is 1.46 bits per heavy atom. The van der Waals surface area contributed by atoms with E-state index in [1.54, 1.807) is 48.6 Å². The van der Waals surface area contributed by atoms with E-state index in [2.05, 4.69) is 4.72 Å². The van der Waals surface area contributed by atoms with Gasteiger partial charge in [-0.3, -0.25) is 14.8 Å². The summed E-state index contributed by atoms with van der Waals surface area (Å²) in [7, 11) is 1.67. The lowest BCUT2D eigenvalue weighted by Gasteiger charge is -2.13. The number of nitro groups is 1. The van der Waals surface area contributed by atoms with Crippen LogP contribution in [0.15, 0.2) is 59.5 Å². The van der Waals surface area contributed by atoms with Gasteiger partial charge < -0.3 is 18.9 Å². The first-order valence-corrected chi connectivity index (χ1v) is 11.6. The molecular formula is C24H24N2O8S. The number of anilines is 1. The maximum absolute atomic E-state index is 13.0. The Hall–Kier alpha value is -4.25.